The summed E-state index contributed by atoms with van der Waals surface area (Å²) >= 11 is 0. The van der Waals surface area contributed by atoms with Crippen molar-refractivity contribution in [1.82, 2.24) is 36.8 Å². The summed E-state index contributed by atoms with van der Waals surface area (Å²) in [6.45, 7) is 4.69. The second-order valence-electron chi connectivity index (χ2n) is 16.9. The first-order valence-electron chi connectivity index (χ1n) is 23.4. The van der Waals surface area contributed by atoms with Gasteiger partial charge in [-0.05, 0) is 135 Å². The van der Waals surface area contributed by atoms with Crippen LogP contribution in [-0.2, 0) is 38.4 Å². The number of aliphatic carboxylic acids is 1. The van der Waals surface area contributed by atoms with E-state index in [1.165, 1.54) is 4.90 Å². The molecule has 0 bridgehead atoms. The average molecular weight is 940 g/mol. The first-order valence-corrected chi connectivity index (χ1v) is 23.4. The van der Waals surface area contributed by atoms with Gasteiger partial charge in [0.15, 0.2) is 5.96 Å². The number of hydrogen-bond donors (Lipinski definition) is 14. The van der Waals surface area contributed by atoms with Gasteiger partial charge in [0.05, 0.1) is 6.54 Å². The molecule has 1 aliphatic rings. The van der Waals surface area contributed by atoms with Crippen LogP contribution in [0.2, 0.25) is 0 Å². The van der Waals surface area contributed by atoms with E-state index in [9.17, 15) is 43.5 Å². The van der Waals surface area contributed by atoms with Gasteiger partial charge < -0.3 is 82.0 Å². The fourth-order valence-electron chi connectivity index (χ4n) is 7.40. The van der Waals surface area contributed by atoms with Gasteiger partial charge in [-0.3, -0.25) is 38.6 Å². The van der Waals surface area contributed by atoms with E-state index >= 15 is 0 Å². The summed E-state index contributed by atoms with van der Waals surface area (Å²) in [6.07, 6.45) is 5.48. The lowest BCUT2D eigenvalue weighted by Gasteiger charge is -2.28. The monoisotopic (exact) mass is 940 g/mol. The molecule has 24 heteroatoms. The SMILES string of the molecule is CC(C)[C@H](NC(=O)[C@H](CCCCN)NC(=O)[C@H](CCCN=C(N)N)NC(=O)[C@H](CCCCN)NC(=O)[C@H](CCCCN)NC(=O)[C@H](CCCCN)NC(=O)[C@@H]1CCCN1C(=O)CN)C(=O)O. The number of carboxylic acid groups (broad SMARTS) is 1. The first kappa shape index (κ1) is 58.8. The highest BCUT2D eigenvalue weighted by molar-refractivity contribution is 5.97. The Morgan fingerprint density at radius 1 is 0.561 bits per heavy atom. The number of carbonyl (C=O) groups excluding carboxylic acids is 7. The maximum Gasteiger partial charge on any atom is 0.326 e. The van der Waals surface area contributed by atoms with Crippen LogP contribution in [0.1, 0.15) is 117 Å². The third-order valence-electron chi connectivity index (χ3n) is 11.2. The Morgan fingerprint density at radius 2 is 0.924 bits per heavy atom. The van der Waals surface area contributed by atoms with Crippen LogP contribution in [0.25, 0.3) is 0 Å². The molecular formula is C42H81N15O9. The lowest BCUT2D eigenvalue weighted by molar-refractivity contribution is -0.143. The van der Waals surface area contributed by atoms with E-state index in [1.807, 2.05) is 0 Å². The number of carboxylic acids is 1. The van der Waals surface area contributed by atoms with Crippen LogP contribution in [0.15, 0.2) is 4.99 Å². The summed E-state index contributed by atoms with van der Waals surface area (Å²) in [6, 6.07) is -8.02. The molecule has 0 spiro atoms. The molecule has 1 fully saturated rings. The van der Waals surface area contributed by atoms with Crippen LogP contribution in [0.5, 0.6) is 0 Å². The Kier molecular flexibility index (Phi) is 29.7. The molecule has 0 saturated carbocycles. The summed E-state index contributed by atoms with van der Waals surface area (Å²) in [7, 11) is 0. The smallest absolute Gasteiger partial charge is 0.326 e. The van der Waals surface area contributed by atoms with Crippen molar-refractivity contribution in [3.63, 3.8) is 0 Å². The number of unbranched alkanes of at least 4 members (excludes halogenated alkanes) is 4. The number of nitrogens with two attached hydrogens (primary N) is 7. The highest BCUT2D eigenvalue weighted by Gasteiger charge is 2.37. The predicted octanol–water partition coefficient (Wildman–Crippen LogP) is -3.84. The van der Waals surface area contributed by atoms with E-state index in [0.29, 0.717) is 96.9 Å². The van der Waals surface area contributed by atoms with Gasteiger partial charge in [0, 0.05) is 13.1 Å². The molecule has 1 saturated heterocycles. The van der Waals surface area contributed by atoms with Gasteiger partial charge in [0.2, 0.25) is 41.4 Å². The number of nitrogens with one attached hydrogen (secondary N) is 6. The van der Waals surface area contributed by atoms with Crippen molar-refractivity contribution in [3.05, 3.63) is 0 Å². The third kappa shape index (κ3) is 22.3. The molecule has 0 radical (unpaired) electrons. The molecule has 1 heterocycles. The van der Waals surface area contributed by atoms with Gasteiger partial charge in [-0.2, -0.15) is 0 Å². The summed E-state index contributed by atoms with van der Waals surface area (Å²) in [5.41, 5.74) is 39.5. The molecule has 0 unspecified atom stereocenters. The number of rotatable bonds is 35. The lowest BCUT2D eigenvalue weighted by atomic mass is 10.0. The van der Waals surface area contributed by atoms with Crippen molar-refractivity contribution < 1.29 is 43.5 Å². The van der Waals surface area contributed by atoms with E-state index in [4.69, 9.17) is 40.1 Å². The second kappa shape index (κ2) is 33.3. The summed E-state index contributed by atoms with van der Waals surface area (Å²) in [4.78, 5) is 113. The molecule has 0 aromatic heterocycles. The third-order valence-corrected chi connectivity index (χ3v) is 11.2. The Hall–Kier alpha value is -5.17. The molecule has 0 aromatic carbocycles. The Balaban J connectivity index is 3.48. The fourth-order valence-corrected chi connectivity index (χ4v) is 7.40. The van der Waals surface area contributed by atoms with Crippen LogP contribution in [0, 0.1) is 5.92 Å². The standard InChI is InChI=1S/C42H81N15O9/c1-26(2)34(41(65)66)56-39(63)30(16-6-10-22-46)53-38(62)31(17-11-23-50-42(48)49)54-36(60)28(14-4-8-20-44)51-35(59)27(13-3-7-19-43)52-37(61)29(15-5-9-21-45)55-40(64)32-18-12-24-57(32)33(58)25-47/h26-32,34H,3-25,43-47H2,1-2H3,(H,51,59)(H,52,61)(H,53,62)(H,54,60)(H,55,64)(H,56,63)(H,65,66)(H4,48,49,50)/t27-,28-,29-,30-,31-,32-,34-/m0/s1. The summed E-state index contributed by atoms with van der Waals surface area (Å²) < 4.78 is 0. The Bertz CT molecular complexity index is 1570. The first-order chi connectivity index (χ1) is 31.4. The average Bonchev–Trinajstić information content (AvgIpc) is 3.77. The minimum absolute atomic E-state index is 0.00720. The number of hydrogen-bond acceptors (Lipinski definition) is 14. The quantitative estimate of drug-likeness (QED) is 0.0164. The highest BCUT2D eigenvalue weighted by atomic mass is 16.4. The number of likely N-dealkylation sites (tertiary alicyclic amines) is 1. The van der Waals surface area contributed by atoms with E-state index in [-0.39, 0.29) is 63.5 Å². The number of nitrogens with zero attached hydrogens (tertiary/aromatic N) is 2. The van der Waals surface area contributed by atoms with Crippen molar-refractivity contribution in [3.8, 4) is 0 Å². The molecule has 7 atom stereocenters. The predicted molar refractivity (Wildman–Crippen MR) is 249 cm³/mol. The second-order valence-corrected chi connectivity index (χ2v) is 16.9. The van der Waals surface area contributed by atoms with Crippen LogP contribution in [-0.4, -0.2) is 151 Å². The van der Waals surface area contributed by atoms with Gasteiger partial charge in [-0.15, -0.1) is 0 Å². The van der Waals surface area contributed by atoms with Crippen molar-refractivity contribution in [2.45, 2.75) is 159 Å². The van der Waals surface area contributed by atoms with E-state index in [2.05, 4.69) is 36.9 Å². The largest absolute Gasteiger partial charge is 0.480 e. The van der Waals surface area contributed by atoms with Crippen molar-refractivity contribution in [2.24, 2.45) is 51.0 Å². The molecule has 1 aliphatic heterocycles. The maximum absolute atomic E-state index is 14.2. The number of aliphatic imine (C=N–C) groups is 1. The molecule has 21 N–H and O–H groups in total. The van der Waals surface area contributed by atoms with Crippen LogP contribution >= 0.6 is 0 Å². The molecule has 7 amide bonds. The minimum Gasteiger partial charge on any atom is -0.480 e. The number of amides is 7. The molecular weight excluding hydrogens is 859 g/mol. The van der Waals surface area contributed by atoms with Crippen molar-refractivity contribution in [2.75, 3.05) is 45.8 Å². The van der Waals surface area contributed by atoms with Gasteiger partial charge in [-0.25, -0.2) is 4.79 Å². The molecule has 0 aromatic rings. The Morgan fingerprint density at radius 3 is 1.26 bits per heavy atom. The van der Waals surface area contributed by atoms with Crippen LogP contribution in [0.4, 0.5) is 0 Å². The zero-order chi connectivity index (χ0) is 49.6. The molecule has 378 valence electrons. The molecule has 24 nitrogen and oxygen atoms in total. The van der Waals surface area contributed by atoms with Crippen LogP contribution < -0.4 is 72.0 Å². The van der Waals surface area contributed by atoms with Gasteiger partial charge in [-0.1, -0.05) is 13.8 Å². The fraction of sp³-hybridized carbons (Fsp3) is 0.786. The van der Waals surface area contributed by atoms with Crippen molar-refractivity contribution >= 4 is 53.3 Å². The Labute approximate surface area is 388 Å². The lowest BCUT2D eigenvalue weighted by Crippen LogP contribution is -2.60. The van der Waals surface area contributed by atoms with Gasteiger partial charge in [0.25, 0.3) is 0 Å². The maximum atomic E-state index is 14.2. The summed E-state index contributed by atoms with van der Waals surface area (Å²) in [5, 5.41) is 25.9. The van der Waals surface area contributed by atoms with Crippen molar-refractivity contribution in [1.29, 1.82) is 0 Å². The van der Waals surface area contributed by atoms with E-state index in [0.717, 1.165) is 0 Å². The van der Waals surface area contributed by atoms with Gasteiger partial charge in [0.1, 0.15) is 42.3 Å². The molecule has 0 aliphatic carbocycles. The normalized spacial score (nSPS) is 16.2. The van der Waals surface area contributed by atoms with E-state index < -0.39 is 89.6 Å². The molecule has 66 heavy (non-hydrogen) atoms. The summed E-state index contributed by atoms with van der Waals surface area (Å²) in [5.74, 6) is -6.42. The number of carbonyl (C=O) groups is 8. The van der Waals surface area contributed by atoms with Gasteiger partial charge >= 0.3 is 5.97 Å². The topological polar surface area (TPSA) is 427 Å². The minimum atomic E-state index is -1.28. The van der Waals surface area contributed by atoms with Crippen LogP contribution in [0.3, 0.4) is 0 Å². The van der Waals surface area contributed by atoms with E-state index in [1.54, 1.807) is 13.8 Å². The highest BCUT2D eigenvalue weighted by Crippen LogP contribution is 2.18. The zero-order valence-electron chi connectivity index (χ0n) is 39.0. The molecule has 1 rings (SSSR count). The number of guanidine groups is 1. The zero-order valence-corrected chi connectivity index (χ0v) is 39.0.